The fourth-order valence-electron chi connectivity index (χ4n) is 0.475. The van der Waals surface area contributed by atoms with Crippen molar-refractivity contribution in [2.75, 3.05) is 0 Å². The average molecular weight is 327 g/mol. The first-order valence-electron chi connectivity index (χ1n) is 2.39. The molecule has 0 aliphatic heterocycles. The number of nitrogens with zero attached hydrogens (tertiary/aromatic N) is 1. The second kappa shape index (κ2) is 9.54. The van der Waals surface area contributed by atoms with Gasteiger partial charge in [0.25, 0.3) is 0 Å². The summed E-state index contributed by atoms with van der Waals surface area (Å²) in [7, 11) is 0. The van der Waals surface area contributed by atoms with Crippen molar-refractivity contribution in [2.45, 2.75) is 7.43 Å². The number of aromatic nitrogens is 1. The van der Waals surface area contributed by atoms with Gasteiger partial charge in [-0.2, -0.15) is 0 Å². The molecule has 65 valence electrons. The van der Waals surface area contributed by atoms with E-state index in [0.29, 0.717) is 0 Å². The van der Waals surface area contributed by atoms with Crippen molar-refractivity contribution in [1.29, 1.82) is 0 Å². The van der Waals surface area contributed by atoms with Crippen LogP contribution in [0.3, 0.4) is 0 Å². The number of pyridine rings is 1. The van der Waals surface area contributed by atoms with E-state index in [-0.39, 0.29) is 35.0 Å². The van der Waals surface area contributed by atoms with E-state index in [1.165, 1.54) is 6.08 Å². The van der Waals surface area contributed by atoms with Crippen molar-refractivity contribution in [3.8, 4) is 0 Å². The first-order valence-corrected chi connectivity index (χ1v) is 2.39. The van der Waals surface area contributed by atoms with Crippen molar-refractivity contribution in [1.82, 2.24) is 4.98 Å². The molecule has 0 saturated heterocycles. The van der Waals surface area contributed by atoms with E-state index in [1.54, 1.807) is 6.20 Å². The van der Waals surface area contributed by atoms with Gasteiger partial charge in [-0.05, 0) is 6.07 Å². The van der Waals surface area contributed by atoms with Crippen molar-refractivity contribution in [3.05, 3.63) is 44.1 Å². The van der Waals surface area contributed by atoms with Crippen molar-refractivity contribution < 1.29 is 20.1 Å². The van der Waals surface area contributed by atoms with E-state index >= 15 is 0 Å². The normalized spacial score (nSPS) is 6.18. The molecule has 0 fully saturated rings. The minimum Gasteiger partial charge on any atom is -0.358 e. The molecule has 1 rings (SSSR count). The molecule has 0 saturated carbocycles. The summed E-state index contributed by atoms with van der Waals surface area (Å²) < 4.78 is 0. The molecule has 1 heterocycles. The first-order chi connectivity index (χ1) is 3.93. The number of hydrogen-bond donors (Lipinski definition) is 0. The van der Waals surface area contributed by atoms with E-state index in [1.807, 2.05) is 18.2 Å². The van der Waals surface area contributed by atoms with Crippen molar-refractivity contribution in [3.63, 3.8) is 0 Å². The maximum Gasteiger partial charge on any atom is 0.00534 e. The van der Waals surface area contributed by atoms with Gasteiger partial charge in [0.15, 0.2) is 0 Å². The van der Waals surface area contributed by atoms with Gasteiger partial charge < -0.3 is 12.4 Å². The Balaban J connectivity index is -0.000000213. The van der Waals surface area contributed by atoms with Gasteiger partial charge in [0.1, 0.15) is 0 Å². The summed E-state index contributed by atoms with van der Waals surface area (Å²) >= 11 is 0. The van der Waals surface area contributed by atoms with Crippen LogP contribution in [0.15, 0.2) is 24.4 Å². The van der Waals surface area contributed by atoms with Gasteiger partial charge in [0.2, 0.25) is 0 Å². The van der Waals surface area contributed by atoms with Crippen LogP contribution in [0.25, 0.3) is 6.08 Å². The molecule has 0 unspecified atom stereocenters. The zero-order chi connectivity index (χ0) is 5.82. The Labute approximate surface area is 82.9 Å². The molecule has 0 aromatic carbocycles. The second-order valence-corrected chi connectivity index (χ2v) is 1.42. The molecule has 0 amide bonds. The largest absolute Gasteiger partial charge is 0.358 e. The van der Waals surface area contributed by atoms with E-state index in [4.69, 9.17) is 6.58 Å². The molecule has 0 spiro atoms. The van der Waals surface area contributed by atoms with Crippen LogP contribution in [0.5, 0.6) is 0 Å². The quantitative estimate of drug-likeness (QED) is 0.723. The van der Waals surface area contributed by atoms with Gasteiger partial charge in [-0.3, -0.25) is 6.58 Å². The van der Waals surface area contributed by atoms with Crippen LogP contribution in [0.4, 0.5) is 0 Å². The standard InChI is InChI=1S/C7H6N.CH4.CH3.Ir/c1-2-7-5-3-4-6-8-7;;;/h1-6H;1H4;1H3;/q-1;;-1;. The topological polar surface area (TPSA) is 12.9 Å². The van der Waals surface area contributed by atoms with Gasteiger partial charge >= 0.3 is 0 Å². The van der Waals surface area contributed by atoms with Gasteiger partial charge in [0, 0.05) is 26.3 Å². The zero-order valence-electron chi connectivity index (χ0n) is 5.74. The molecule has 1 radical (unpaired) electrons. The number of rotatable bonds is 1. The van der Waals surface area contributed by atoms with E-state index in [9.17, 15) is 0 Å². The molecule has 0 atom stereocenters. The molecule has 11 heavy (non-hydrogen) atoms. The third-order valence-electron chi connectivity index (χ3n) is 0.859. The summed E-state index contributed by atoms with van der Waals surface area (Å²) in [5.41, 5.74) is 0.813. The van der Waals surface area contributed by atoms with Crippen LogP contribution in [0.1, 0.15) is 13.1 Å². The smallest absolute Gasteiger partial charge is 0.00534 e. The second-order valence-electron chi connectivity index (χ2n) is 1.42. The molecule has 0 bridgehead atoms. The maximum absolute atomic E-state index is 5.16. The molecule has 0 N–H and O–H groups in total. The van der Waals surface area contributed by atoms with Gasteiger partial charge in [0.05, 0.1) is 0 Å². The first kappa shape index (κ1) is 16.9. The summed E-state index contributed by atoms with van der Waals surface area (Å²) in [6.45, 7) is 5.16. The molecular weight excluding hydrogens is 314 g/mol. The van der Waals surface area contributed by atoms with Gasteiger partial charge in [-0.25, -0.2) is 6.08 Å². The van der Waals surface area contributed by atoms with Crippen LogP contribution < -0.4 is 0 Å². The summed E-state index contributed by atoms with van der Waals surface area (Å²) in [6.07, 6.45) is 3.18. The van der Waals surface area contributed by atoms with Gasteiger partial charge in [-0.1, -0.05) is 19.2 Å². The van der Waals surface area contributed by atoms with E-state index < -0.39 is 0 Å². The Hall–Kier alpha value is -0.461. The molecule has 1 aromatic heterocycles. The molecule has 2 heteroatoms. The summed E-state index contributed by atoms with van der Waals surface area (Å²) in [5, 5.41) is 0. The molecule has 0 aliphatic rings. The van der Waals surface area contributed by atoms with Crippen LogP contribution in [-0.4, -0.2) is 4.98 Å². The molecule has 1 nitrogen and oxygen atoms in total. The fourth-order valence-corrected chi connectivity index (χ4v) is 0.475. The average Bonchev–Trinajstić information content (AvgIpc) is 1.90. The monoisotopic (exact) mass is 328 g/mol. The minimum absolute atomic E-state index is 0. The SMILES string of the molecule is C.[CH-]=Cc1ccccn1.[CH3-].[Ir]. The van der Waals surface area contributed by atoms with Crippen molar-refractivity contribution >= 4 is 6.08 Å². The Kier molecular flexibility index (Phi) is 14.6. The van der Waals surface area contributed by atoms with Crippen LogP contribution in [-0.2, 0) is 20.1 Å². The van der Waals surface area contributed by atoms with Gasteiger partial charge in [-0.15, -0.1) is 6.07 Å². The summed E-state index contributed by atoms with van der Waals surface area (Å²) in [6, 6.07) is 5.60. The third-order valence-corrected chi connectivity index (χ3v) is 0.859. The minimum atomic E-state index is 0. The van der Waals surface area contributed by atoms with Crippen LogP contribution in [0.2, 0.25) is 0 Å². The third kappa shape index (κ3) is 5.96. The van der Waals surface area contributed by atoms with E-state index in [2.05, 4.69) is 4.98 Å². The van der Waals surface area contributed by atoms with E-state index in [0.717, 1.165) is 5.69 Å². The summed E-state index contributed by atoms with van der Waals surface area (Å²) in [4.78, 5) is 3.92. The Bertz CT molecular complexity index is 172. The predicted octanol–water partition coefficient (Wildman–Crippen LogP) is 2.61. The Morgan fingerprint density at radius 3 is 2.27 bits per heavy atom. The fraction of sp³-hybridized carbons (Fsp3) is 0.111. The molecule has 1 aromatic rings. The van der Waals surface area contributed by atoms with Crippen LogP contribution in [0, 0.1) is 14.0 Å². The zero-order valence-corrected chi connectivity index (χ0v) is 8.14. The predicted molar refractivity (Wildman–Crippen MR) is 46.1 cm³/mol. The molecular formula is C9H13IrN-2. The van der Waals surface area contributed by atoms with Crippen molar-refractivity contribution in [2.24, 2.45) is 0 Å². The maximum atomic E-state index is 5.16. The number of hydrogen-bond acceptors (Lipinski definition) is 1. The Morgan fingerprint density at radius 1 is 1.36 bits per heavy atom. The Morgan fingerprint density at radius 2 is 2.00 bits per heavy atom. The molecule has 0 aliphatic carbocycles. The summed E-state index contributed by atoms with van der Waals surface area (Å²) in [5.74, 6) is 0. The van der Waals surface area contributed by atoms with Crippen LogP contribution >= 0.6 is 0 Å².